The highest BCUT2D eigenvalue weighted by Crippen LogP contribution is 2.37. The molecule has 0 saturated heterocycles. The molecule has 0 radical (unpaired) electrons. The lowest BCUT2D eigenvalue weighted by atomic mass is 10.1. The highest BCUT2D eigenvalue weighted by molar-refractivity contribution is 6.03. The fourth-order valence-corrected chi connectivity index (χ4v) is 2.07. The summed E-state index contributed by atoms with van der Waals surface area (Å²) in [5.74, 6) is -0.270. The van der Waals surface area contributed by atoms with Gasteiger partial charge in [0, 0.05) is 11.6 Å². The molecule has 0 aliphatic carbocycles. The van der Waals surface area contributed by atoms with Crippen LogP contribution < -0.4 is 10.1 Å². The number of halogens is 3. The minimum Gasteiger partial charge on any atom is -0.496 e. The van der Waals surface area contributed by atoms with Gasteiger partial charge in [-0.3, -0.25) is 4.79 Å². The van der Waals surface area contributed by atoms with Gasteiger partial charge in [-0.2, -0.15) is 13.2 Å². The Hall–Kier alpha value is -2.51. The van der Waals surface area contributed by atoms with Gasteiger partial charge in [0.05, 0.1) is 12.7 Å². The summed E-state index contributed by atoms with van der Waals surface area (Å²) in [6.45, 7) is 5.28. The molecule has 2 rings (SSSR count). The van der Waals surface area contributed by atoms with Gasteiger partial charge in [0.25, 0.3) is 5.91 Å². The maximum atomic E-state index is 13.0. The fourth-order valence-electron chi connectivity index (χ4n) is 2.07. The first kappa shape index (κ1) is 17.8. The molecule has 1 N–H and O–H groups in total. The Kier molecular flexibility index (Phi) is 4.86. The first-order valence-corrected chi connectivity index (χ1v) is 7.17. The Morgan fingerprint density at radius 2 is 2.00 bits per heavy atom. The molecule has 0 aliphatic rings. The molecule has 0 saturated carbocycles. The van der Waals surface area contributed by atoms with Crippen LogP contribution in [0.15, 0.2) is 22.6 Å². The third kappa shape index (κ3) is 3.69. The molecular formula is C16H17F3N2O3. The molecule has 1 aromatic carbocycles. The minimum atomic E-state index is -4.60. The highest BCUT2D eigenvalue weighted by Gasteiger charge is 2.34. The zero-order chi connectivity index (χ0) is 18.1. The summed E-state index contributed by atoms with van der Waals surface area (Å²) in [5.41, 5.74) is -0.938. The van der Waals surface area contributed by atoms with E-state index in [1.807, 2.05) is 13.8 Å². The molecule has 8 heteroatoms. The molecule has 24 heavy (non-hydrogen) atoms. The lowest BCUT2D eigenvalue weighted by Crippen LogP contribution is -2.15. The van der Waals surface area contributed by atoms with Crippen LogP contribution in [0.25, 0.3) is 0 Å². The van der Waals surface area contributed by atoms with E-state index in [2.05, 4.69) is 10.3 Å². The maximum Gasteiger partial charge on any atom is 0.420 e. The third-order valence-electron chi connectivity index (χ3n) is 3.28. The number of aryl methyl sites for hydroxylation is 1. The van der Waals surface area contributed by atoms with Gasteiger partial charge in [-0.15, -0.1) is 0 Å². The molecule has 0 aliphatic heterocycles. The molecule has 1 aromatic heterocycles. The fraction of sp³-hybridized carbons (Fsp3) is 0.375. The number of hydrogen-bond donors (Lipinski definition) is 1. The number of oxazole rings is 1. The summed E-state index contributed by atoms with van der Waals surface area (Å²) in [5, 5.41) is 2.40. The number of alkyl halides is 3. The summed E-state index contributed by atoms with van der Waals surface area (Å²) in [4.78, 5) is 16.3. The van der Waals surface area contributed by atoms with Crippen molar-refractivity contribution in [1.29, 1.82) is 0 Å². The van der Waals surface area contributed by atoms with Gasteiger partial charge < -0.3 is 14.5 Å². The molecule has 0 fully saturated rings. The van der Waals surface area contributed by atoms with E-state index in [0.717, 1.165) is 19.2 Å². The Morgan fingerprint density at radius 1 is 1.33 bits per heavy atom. The van der Waals surface area contributed by atoms with Crippen molar-refractivity contribution in [2.75, 3.05) is 12.4 Å². The molecule has 2 aromatic rings. The Balaban J connectivity index is 2.29. The number of carbonyl (C=O) groups excluding carboxylic acids is 1. The summed E-state index contributed by atoms with van der Waals surface area (Å²) in [6.07, 6.45) is -4.60. The predicted molar refractivity (Wildman–Crippen MR) is 81.3 cm³/mol. The Morgan fingerprint density at radius 3 is 2.50 bits per heavy atom. The SMILES string of the molecule is COc1ccc(NC(=O)c2nc(C(C)C)oc2C)cc1C(F)(F)F. The molecule has 0 unspecified atom stereocenters. The largest absolute Gasteiger partial charge is 0.496 e. The van der Waals surface area contributed by atoms with Crippen molar-refractivity contribution in [2.45, 2.75) is 32.9 Å². The summed E-state index contributed by atoms with van der Waals surface area (Å²) in [6, 6.07) is 3.29. The van der Waals surface area contributed by atoms with Crippen molar-refractivity contribution in [2.24, 2.45) is 0 Å². The molecule has 1 amide bonds. The van der Waals surface area contributed by atoms with Crippen LogP contribution in [0.3, 0.4) is 0 Å². The standard InChI is InChI=1S/C16H17F3N2O3/c1-8(2)15-21-13(9(3)24-15)14(22)20-10-5-6-12(23-4)11(7-10)16(17,18)19/h5-8H,1-4H3,(H,20,22). The number of amides is 1. The molecular weight excluding hydrogens is 325 g/mol. The first-order valence-electron chi connectivity index (χ1n) is 7.17. The van der Waals surface area contributed by atoms with Crippen molar-refractivity contribution >= 4 is 11.6 Å². The number of nitrogens with one attached hydrogen (secondary N) is 1. The van der Waals surface area contributed by atoms with Crippen LogP contribution in [0, 0.1) is 6.92 Å². The number of anilines is 1. The summed E-state index contributed by atoms with van der Waals surface area (Å²) >= 11 is 0. The molecule has 0 atom stereocenters. The smallest absolute Gasteiger partial charge is 0.420 e. The Bertz CT molecular complexity index is 752. The van der Waals surface area contributed by atoms with Crippen LogP contribution in [0.1, 0.15) is 47.5 Å². The van der Waals surface area contributed by atoms with E-state index in [-0.39, 0.29) is 23.0 Å². The van der Waals surface area contributed by atoms with Crippen molar-refractivity contribution < 1.29 is 27.1 Å². The monoisotopic (exact) mass is 342 g/mol. The summed E-state index contributed by atoms with van der Waals surface area (Å²) in [7, 11) is 1.15. The van der Waals surface area contributed by atoms with Gasteiger partial charge >= 0.3 is 6.18 Å². The number of hydrogen-bond acceptors (Lipinski definition) is 4. The normalized spacial score (nSPS) is 11.7. The predicted octanol–water partition coefficient (Wildman–Crippen LogP) is 4.39. The van der Waals surface area contributed by atoms with Gasteiger partial charge in [-0.05, 0) is 25.1 Å². The zero-order valence-electron chi connectivity index (χ0n) is 13.6. The minimum absolute atomic E-state index is 0.0110. The highest BCUT2D eigenvalue weighted by atomic mass is 19.4. The number of aromatic nitrogens is 1. The van der Waals surface area contributed by atoms with E-state index >= 15 is 0 Å². The van der Waals surface area contributed by atoms with Crippen LogP contribution >= 0.6 is 0 Å². The first-order chi connectivity index (χ1) is 11.1. The van der Waals surface area contributed by atoms with Gasteiger partial charge in [-0.25, -0.2) is 4.98 Å². The second-order valence-corrected chi connectivity index (χ2v) is 5.48. The van der Waals surface area contributed by atoms with Crippen LogP contribution in [-0.4, -0.2) is 18.0 Å². The lowest BCUT2D eigenvalue weighted by molar-refractivity contribution is -0.138. The topological polar surface area (TPSA) is 64.4 Å². The zero-order valence-corrected chi connectivity index (χ0v) is 13.6. The van der Waals surface area contributed by atoms with Crippen LogP contribution in [0.5, 0.6) is 5.75 Å². The van der Waals surface area contributed by atoms with Crippen molar-refractivity contribution in [3.63, 3.8) is 0 Å². The number of carbonyl (C=O) groups is 1. The molecule has 1 heterocycles. The second-order valence-electron chi connectivity index (χ2n) is 5.48. The van der Waals surface area contributed by atoms with E-state index in [9.17, 15) is 18.0 Å². The summed E-state index contributed by atoms with van der Waals surface area (Å²) < 4.78 is 49.1. The van der Waals surface area contributed by atoms with Crippen LogP contribution in [0.2, 0.25) is 0 Å². The third-order valence-corrected chi connectivity index (χ3v) is 3.28. The number of nitrogens with zero attached hydrogens (tertiary/aromatic N) is 1. The van der Waals surface area contributed by atoms with Crippen LogP contribution in [-0.2, 0) is 6.18 Å². The lowest BCUT2D eigenvalue weighted by Gasteiger charge is -2.13. The molecule has 0 spiro atoms. The average molecular weight is 342 g/mol. The van der Waals surface area contributed by atoms with Gasteiger partial charge in [0.15, 0.2) is 11.6 Å². The molecule has 0 bridgehead atoms. The van der Waals surface area contributed by atoms with Crippen molar-refractivity contribution in [1.82, 2.24) is 4.98 Å². The number of ether oxygens (including phenoxy) is 1. The maximum absolute atomic E-state index is 13.0. The molecule has 130 valence electrons. The molecule has 5 nitrogen and oxygen atoms in total. The van der Waals surface area contributed by atoms with Gasteiger partial charge in [0.2, 0.25) is 0 Å². The van der Waals surface area contributed by atoms with E-state index in [1.165, 1.54) is 6.07 Å². The van der Waals surface area contributed by atoms with E-state index in [1.54, 1.807) is 6.92 Å². The van der Waals surface area contributed by atoms with E-state index in [4.69, 9.17) is 9.15 Å². The van der Waals surface area contributed by atoms with E-state index < -0.39 is 17.6 Å². The number of rotatable bonds is 4. The van der Waals surface area contributed by atoms with Crippen molar-refractivity contribution in [3.8, 4) is 5.75 Å². The number of benzene rings is 1. The van der Waals surface area contributed by atoms with Gasteiger partial charge in [-0.1, -0.05) is 13.8 Å². The van der Waals surface area contributed by atoms with Crippen LogP contribution in [0.4, 0.5) is 18.9 Å². The quantitative estimate of drug-likeness (QED) is 0.895. The Labute approximate surface area is 136 Å². The van der Waals surface area contributed by atoms with Crippen molar-refractivity contribution in [3.05, 3.63) is 41.1 Å². The second kappa shape index (κ2) is 6.54. The number of methoxy groups -OCH3 is 1. The van der Waals surface area contributed by atoms with Gasteiger partial charge in [0.1, 0.15) is 11.5 Å². The van der Waals surface area contributed by atoms with E-state index in [0.29, 0.717) is 11.7 Å². The average Bonchev–Trinajstić information content (AvgIpc) is 2.88.